The van der Waals surface area contributed by atoms with Gasteiger partial charge in [-0.2, -0.15) is 0 Å². The van der Waals surface area contributed by atoms with Gasteiger partial charge >= 0.3 is 0 Å². The van der Waals surface area contributed by atoms with E-state index in [4.69, 9.17) is 16.0 Å². The van der Waals surface area contributed by atoms with E-state index in [1.54, 1.807) is 13.3 Å². The van der Waals surface area contributed by atoms with Crippen LogP contribution >= 0.6 is 35.6 Å². The molecule has 0 amide bonds. The predicted octanol–water partition coefficient (Wildman–Crippen LogP) is 5.04. The molecular weight excluding hydrogens is 475 g/mol. The molecule has 0 aliphatic carbocycles. The second-order valence-electron chi connectivity index (χ2n) is 5.82. The molecule has 1 aromatic heterocycles. The number of nitrogens with zero attached hydrogens (tertiary/aromatic N) is 2. The van der Waals surface area contributed by atoms with Gasteiger partial charge < -0.3 is 15.1 Å². The van der Waals surface area contributed by atoms with Crippen molar-refractivity contribution in [2.45, 2.75) is 19.5 Å². The van der Waals surface area contributed by atoms with E-state index < -0.39 is 0 Å². The van der Waals surface area contributed by atoms with Crippen LogP contribution in [0.15, 0.2) is 70.3 Å². The molecule has 1 heterocycles. The molecule has 0 bridgehead atoms. The number of nitrogens with one attached hydrogen (secondary N) is 2. The van der Waals surface area contributed by atoms with Crippen LogP contribution in [0.2, 0.25) is 5.02 Å². The minimum atomic E-state index is 0. The summed E-state index contributed by atoms with van der Waals surface area (Å²) < 4.78 is 5.55. The molecule has 1 unspecified atom stereocenters. The Bertz CT molecular complexity index is 882. The molecular formula is C20H22ClIN4O. The Morgan fingerprint density at radius 2 is 1.85 bits per heavy atom. The van der Waals surface area contributed by atoms with E-state index in [-0.39, 0.29) is 30.0 Å². The summed E-state index contributed by atoms with van der Waals surface area (Å²) >= 11 is 6.26. The third-order valence-electron chi connectivity index (χ3n) is 3.96. The van der Waals surface area contributed by atoms with Crippen molar-refractivity contribution in [2.24, 2.45) is 4.99 Å². The van der Waals surface area contributed by atoms with E-state index in [1.165, 1.54) is 0 Å². The molecule has 1 atom stereocenters. The molecule has 0 fully saturated rings. The number of hydrogen-bond donors (Lipinski definition) is 2. The molecule has 0 aliphatic heterocycles. The molecule has 2 aromatic carbocycles. The number of aromatic nitrogens is 1. The van der Waals surface area contributed by atoms with Crippen molar-refractivity contribution in [2.75, 3.05) is 7.05 Å². The lowest BCUT2D eigenvalue weighted by Gasteiger charge is -2.18. The van der Waals surface area contributed by atoms with E-state index in [0.717, 1.165) is 21.8 Å². The SMILES string of the molecule is CN=C(NCc1coc(-c2ccccc2)n1)NC(C)c1ccccc1Cl.I. The Morgan fingerprint density at radius 3 is 2.56 bits per heavy atom. The number of aliphatic imine (C=N–C) groups is 1. The lowest BCUT2D eigenvalue weighted by molar-refractivity contribution is 0.572. The topological polar surface area (TPSA) is 62.5 Å². The smallest absolute Gasteiger partial charge is 0.226 e. The Kier molecular flexibility index (Phi) is 8.12. The first kappa shape index (κ1) is 21.2. The van der Waals surface area contributed by atoms with Crippen LogP contribution in [0, 0.1) is 0 Å². The van der Waals surface area contributed by atoms with Gasteiger partial charge in [0.15, 0.2) is 5.96 Å². The van der Waals surface area contributed by atoms with E-state index in [9.17, 15) is 0 Å². The largest absolute Gasteiger partial charge is 0.444 e. The fraction of sp³-hybridized carbons (Fsp3) is 0.200. The number of oxazole rings is 1. The normalized spacial score (nSPS) is 12.2. The molecule has 0 saturated heterocycles. The molecule has 7 heteroatoms. The first-order valence-electron chi connectivity index (χ1n) is 8.39. The predicted molar refractivity (Wildman–Crippen MR) is 121 cm³/mol. The van der Waals surface area contributed by atoms with Gasteiger partial charge in [-0.1, -0.05) is 48.0 Å². The van der Waals surface area contributed by atoms with Crippen LogP contribution in [-0.4, -0.2) is 18.0 Å². The van der Waals surface area contributed by atoms with Gasteiger partial charge in [-0.15, -0.1) is 24.0 Å². The summed E-state index contributed by atoms with van der Waals surface area (Å²) in [4.78, 5) is 8.76. The molecule has 5 nitrogen and oxygen atoms in total. The molecule has 3 rings (SSSR count). The van der Waals surface area contributed by atoms with Gasteiger partial charge in [-0.3, -0.25) is 4.99 Å². The highest BCUT2D eigenvalue weighted by Crippen LogP contribution is 2.22. The summed E-state index contributed by atoms with van der Waals surface area (Å²) in [6.45, 7) is 2.54. The number of hydrogen-bond acceptors (Lipinski definition) is 3. The third kappa shape index (κ3) is 5.71. The molecule has 0 saturated carbocycles. The summed E-state index contributed by atoms with van der Waals surface area (Å²) in [6, 6.07) is 17.6. The first-order valence-corrected chi connectivity index (χ1v) is 8.76. The van der Waals surface area contributed by atoms with Crippen LogP contribution in [-0.2, 0) is 6.54 Å². The molecule has 3 aromatic rings. The minimum absolute atomic E-state index is 0. The first-order chi connectivity index (χ1) is 12.7. The lowest BCUT2D eigenvalue weighted by Crippen LogP contribution is -2.38. The van der Waals surface area contributed by atoms with E-state index in [1.807, 2.05) is 61.5 Å². The zero-order valence-corrected chi connectivity index (χ0v) is 18.2. The second kappa shape index (κ2) is 10.3. The summed E-state index contributed by atoms with van der Waals surface area (Å²) in [5, 5.41) is 7.30. The van der Waals surface area contributed by atoms with Gasteiger partial charge in [0.25, 0.3) is 0 Å². The molecule has 0 radical (unpaired) electrons. The third-order valence-corrected chi connectivity index (χ3v) is 4.30. The van der Waals surface area contributed by atoms with Crippen LogP contribution in [0.1, 0.15) is 24.2 Å². The maximum atomic E-state index is 6.26. The highest BCUT2D eigenvalue weighted by molar-refractivity contribution is 14.0. The van der Waals surface area contributed by atoms with Crippen LogP contribution in [0.5, 0.6) is 0 Å². The number of halogens is 2. The van der Waals surface area contributed by atoms with Crippen molar-refractivity contribution in [3.05, 3.63) is 77.1 Å². The van der Waals surface area contributed by atoms with Crippen LogP contribution < -0.4 is 10.6 Å². The number of guanidine groups is 1. The van der Waals surface area contributed by atoms with Crippen molar-refractivity contribution in [3.63, 3.8) is 0 Å². The summed E-state index contributed by atoms with van der Waals surface area (Å²) in [6.07, 6.45) is 1.65. The van der Waals surface area contributed by atoms with Gasteiger partial charge in [0.1, 0.15) is 6.26 Å². The Morgan fingerprint density at radius 1 is 1.15 bits per heavy atom. The van der Waals surface area contributed by atoms with E-state index in [0.29, 0.717) is 18.4 Å². The number of rotatable bonds is 5. The summed E-state index contributed by atoms with van der Waals surface area (Å²) in [7, 11) is 1.73. The molecule has 27 heavy (non-hydrogen) atoms. The molecule has 0 spiro atoms. The Balaban J connectivity index is 0.00000261. The molecule has 2 N–H and O–H groups in total. The van der Waals surface area contributed by atoms with Crippen molar-refractivity contribution < 1.29 is 4.42 Å². The van der Waals surface area contributed by atoms with Gasteiger partial charge in [0, 0.05) is 17.6 Å². The summed E-state index contributed by atoms with van der Waals surface area (Å²) in [5.41, 5.74) is 2.77. The van der Waals surface area contributed by atoms with Crippen LogP contribution in [0.4, 0.5) is 0 Å². The van der Waals surface area contributed by atoms with Crippen molar-refractivity contribution in [1.29, 1.82) is 0 Å². The lowest BCUT2D eigenvalue weighted by atomic mass is 10.1. The average Bonchev–Trinajstić information content (AvgIpc) is 3.15. The Hall–Kier alpha value is -2.06. The van der Waals surface area contributed by atoms with Crippen molar-refractivity contribution >= 4 is 41.5 Å². The summed E-state index contributed by atoms with van der Waals surface area (Å²) in [5.74, 6) is 1.27. The Labute approximate surface area is 181 Å². The van der Waals surface area contributed by atoms with E-state index >= 15 is 0 Å². The number of benzene rings is 2. The monoisotopic (exact) mass is 496 g/mol. The van der Waals surface area contributed by atoms with Crippen LogP contribution in [0.25, 0.3) is 11.5 Å². The maximum absolute atomic E-state index is 6.26. The molecule has 0 aliphatic rings. The zero-order valence-electron chi connectivity index (χ0n) is 15.1. The van der Waals surface area contributed by atoms with Crippen molar-refractivity contribution in [1.82, 2.24) is 15.6 Å². The standard InChI is InChI=1S/C20H21ClN4O.HI/c1-14(17-10-6-7-11-18(17)21)24-20(22-2)23-12-16-13-26-19(25-16)15-8-4-3-5-9-15;/h3-11,13-14H,12H2,1-2H3,(H2,22,23,24);1H. The van der Waals surface area contributed by atoms with Gasteiger partial charge in [-0.05, 0) is 30.7 Å². The maximum Gasteiger partial charge on any atom is 0.226 e. The van der Waals surface area contributed by atoms with Crippen molar-refractivity contribution in [3.8, 4) is 11.5 Å². The zero-order chi connectivity index (χ0) is 18.4. The minimum Gasteiger partial charge on any atom is -0.444 e. The second-order valence-corrected chi connectivity index (χ2v) is 6.23. The van der Waals surface area contributed by atoms with Crippen LogP contribution in [0.3, 0.4) is 0 Å². The quantitative estimate of drug-likeness (QED) is 0.295. The van der Waals surface area contributed by atoms with Gasteiger partial charge in [0.2, 0.25) is 5.89 Å². The highest BCUT2D eigenvalue weighted by atomic mass is 127. The fourth-order valence-electron chi connectivity index (χ4n) is 2.58. The highest BCUT2D eigenvalue weighted by Gasteiger charge is 2.12. The van der Waals surface area contributed by atoms with Gasteiger partial charge in [-0.25, -0.2) is 4.98 Å². The van der Waals surface area contributed by atoms with Gasteiger partial charge in [0.05, 0.1) is 18.3 Å². The average molecular weight is 497 g/mol. The fourth-order valence-corrected chi connectivity index (χ4v) is 2.88. The van der Waals surface area contributed by atoms with E-state index in [2.05, 4.69) is 20.6 Å². The molecule has 142 valence electrons.